The summed E-state index contributed by atoms with van der Waals surface area (Å²) in [5.74, 6) is 0. The van der Waals surface area contributed by atoms with Crippen LogP contribution in [-0.2, 0) is 35.6 Å². The molecule has 4 N–H and O–H groups in total. The molecule has 0 bridgehead atoms. The first kappa shape index (κ1) is 28.6. The minimum Gasteiger partial charge on any atom is -0.395 e. The highest BCUT2D eigenvalue weighted by Crippen LogP contribution is 2.36. The second-order valence-corrected chi connectivity index (χ2v) is 8.62. The van der Waals surface area contributed by atoms with E-state index in [2.05, 4.69) is 15.6 Å². The molecule has 0 saturated carbocycles. The first-order valence-electron chi connectivity index (χ1n) is 12.1. The number of aromatic nitrogens is 3. The number of amides is 2. The number of aliphatic hydroxyl groups excluding tert-OH is 1. The lowest BCUT2D eigenvalue weighted by molar-refractivity contribution is -0.300. The van der Waals surface area contributed by atoms with Crippen molar-refractivity contribution in [3.05, 3.63) is 92.3 Å². The van der Waals surface area contributed by atoms with Crippen LogP contribution in [0.25, 0.3) is 16.7 Å². The molecule has 0 unspecified atom stereocenters. The van der Waals surface area contributed by atoms with E-state index in [1.54, 1.807) is 31.2 Å². The number of alkyl halides is 3. The molecule has 4 rings (SSSR count). The predicted molar refractivity (Wildman–Crippen MR) is 139 cm³/mol. The van der Waals surface area contributed by atoms with Crippen LogP contribution in [0.15, 0.2) is 64.4 Å². The van der Waals surface area contributed by atoms with Crippen molar-refractivity contribution < 1.29 is 32.8 Å². The van der Waals surface area contributed by atoms with Crippen molar-refractivity contribution in [3.63, 3.8) is 0 Å². The van der Waals surface area contributed by atoms with E-state index in [1.807, 2.05) is 0 Å². The fourth-order valence-corrected chi connectivity index (χ4v) is 4.00. The minimum absolute atomic E-state index is 0.0105. The van der Waals surface area contributed by atoms with E-state index < -0.39 is 35.5 Å². The molecule has 0 spiro atoms. The number of H-pyrrole nitrogens is 1. The number of aromatic amines is 1. The summed E-state index contributed by atoms with van der Waals surface area (Å²) in [4.78, 5) is 48.6. The molecular formula is C26H26F3N5O6. The highest BCUT2D eigenvalue weighted by molar-refractivity contribution is 5.89. The molecule has 0 fully saturated rings. The summed E-state index contributed by atoms with van der Waals surface area (Å²) in [5, 5.41) is 14.6. The summed E-state index contributed by atoms with van der Waals surface area (Å²) in [7, 11) is 0. The van der Waals surface area contributed by atoms with E-state index >= 15 is 0 Å². The number of nitrogens with one attached hydrogen (secondary N) is 3. The zero-order valence-corrected chi connectivity index (χ0v) is 21.2. The summed E-state index contributed by atoms with van der Waals surface area (Å²) in [6.07, 6.45) is -2.00. The number of urea groups is 1. The number of aliphatic hydroxyl groups is 1. The summed E-state index contributed by atoms with van der Waals surface area (Å²) >= 11 is 0. The third-order valence-corrected chi connectivity index (χ3v) is 5.85. The Morgan fingerprint density at radius 1 is 1.07 bits per heavy atom. The van der Waals surface area contributed by atoms with Crippen LogP contribution in [-0.4, -0.2) is 38.5 Å². The van der Waals surface area contributed by atoms with Crippen molar-refractivity contribution in [1.29, 1.82) is 0 Å². The van der Waals surface area contributed by atoms with Gasteiger partial charge in [-0.05, 0) is 48.4 Å². The maximum Gasteiger partial charge on any atom is 0.418 e. The van der Waals surface area contributed by atoms with Gasteiger partial charge >= 0.3 is 23.3 Å². The molecule has 40 heavy (non-hydrogen) atoms. The van der Waals surface area contributed by atoms with E-state index in [-0.39, 0.29) is 36.4 Å². The Hall–Kier alpha value is -4.40. The summed E-state index contributed by atoms with van der Waals surface area (Å²) in [6, 6.07) is 9.76. The molecule has 11 nitrogen and oxygen atoms in total. The first-order valence-corrected chi connectivity index (χ1v) is 12.1. The zero-order chi connectivity index (χ0) is 28.9. The SMILES string of the molecule is CCOOCc1ccc(NC(=O)NCc2ccn(-c3cc4c(cc3C(F)(F)F)[nH]c(=O)c(=O)n4CCO)c2)cc1. The van der Waals surface area contributed by atoms with Gasteiger partial charge in [0.2, 0.25) is 0 Å². The van der Waals surface area contributed by atoms with Crippen LogP contribution in [0.3, 0.4) is 0 Å². The summed E-state index contributed by atoms with van der Waals surface area (Å²) in [6.45, 7) is 1.71. The Labute approximate surface area is 224 Å². The fraction of sp³-hybridized carbons (Fsp3) is 0.269. The molecule has 4 aromatic rings. The standard InChI is InChI=1S/C26H26F3N5O6/c1-2-39-40-15-16-3-5-18(6-4-16)31-25(38)30-13-17-7-8-33(14-17)21-12-22-20(11-19(21)26(27,28)29)32-23(36)24(37)34(22)9-10-35/h3-8,11-12,14,35H,2,9-10,13,15H2,1H3,(H,32,36)(H2,30,31,38). The van der Waals surface area contributed by atoms with Crippen LogP contribution in [0.2, 0.25) is 0 Å². The largest absolute Gasteiger partial charge is 0.418 e. The van der Waals surface area contributed by atoms with Crippen molar-refractivity contribution in [2.75, 3.05) is 18.5 Å². The van der Waals surface area contributed by atoms with Crippen molar-refractivity contribution in [3.8, 4) is 5.69 Å². The van der Waals surface area contributed by atoms with E-state index in [0.717, 1.165) is 22.3 Å². The maximum atomic E-state index is 14.0. The third kappa shape index (κ3) is 6.59. The fourth-order valence-electron chi connectivity index (χ4n) is 4.00. The quantitative estimate of drug-likeness (QED) is 0.101. The molecule has 0 saturated heterocycles. The van der Waals surface area contributed by atoms with Gasteiger partial charge in [0.25, 0.3) is 0 Å². The number of fused-ring (bicyclic) bond motifs is 1. The van der Waals surface area contributed by atoms with Gasteiger partial charge in [-0.15, -0.1) is 0 Å². The average Bonchev–Trinajstić information content (AvgIpc) is 3.39. The number of anilines is 1. The smallest absolute Gasteiger partial charge is 0.395 e. The number of halogens is 3. The number of hydrogen-bond acceptors (Lipinski definition) is 6. The molecule has 0 radical (unpaired) electrons. The summed E-state index contributed by atoms with van der Waals surface area (Å²) in [5.41, 5.74) is -1.76. The lowest BCUT2D eigenvalue weighted by Crippen LogP contribution is -2.37. The monoisotopic (exact) mass is 561 g/mol. The third-order valence-electron chi connectivity index (χ3n) is 5.85. The Kier molecular flexibility index (Phi) is 8.72. The first-order chi connectivity index (χ1) is 19.1. The highest BCUT2D eigenvalue weighted by Gasteiger charge is 2.35. The van der Waals surface area contributed by atoms with Gasteiger partial charge in [0.1, 0.15) is 6.61 Å². The van der Waals surface area contributed by atoms with Crippen LogP contribution in [0.5, 0.6) is 0 Å². The number of carbonyl (C=O) groups excluding carboxylic acids is 1. The second-order valence-electron chi connectivity index (χ2n) is 8.62. The average molecular weight is 562 g/mol. The Balaban J connectivity index is 1.52. The van der Waals surface area contributed by atoms with E-state index in [4.69, 9.17) is 9.78 Å². The molecule has 0 atom stereocenters. The van der Waals surface area contributed by atoms with Gasteiger partial charge in [-0.3, -0.25) is 14.2 Å². The predicted octanol–water partition coefficient (Wildman–Crippen LogP) is 3.28. The lowest BCUT2D eigenvalue weighted by Gasteiger charge is -2.17. The van der Waals surface area contributed by atoms with Crippen LogP contribution in [0.4, 0.5) is 23.7 Å². The van der Waals surface area contributed by atoms with Gasteiger partial charge in [0.05, 0.1) is 35.5 Å². The number of rotatable bonds is 10. The molecule has 212 valence electrons. The van der Waals surface area contributed by atoms with Crippen molar-refractivity contribution in [2.45, 2.75) is 32.8 Å². The topological polar surface area (TPSA) is 140 Å². The molecule has 0 aliphatic rings. The Morgan fingerprint density at radius 3 is 2.50 bits per heavy atom. The van der Waals surface area contributed by atoms with Crippen molar-refractivity contribution in [2.24, 2.45) is 0 Å². The van der Waals surface area contributed by atoms with Gasteiger partial charge < -0.3 is 25.3 Å². The number of carbonyl (C=O) groups is 1. The highest BCUT2D eigenvalue weighted by atomic mass is 19.4. The maximum absolute atomic E-state index is 14.0. The molecular weight excluding hydrogens is 535 g/mol. The van der Waals surface area contributed by atoms with Crippen LogP contribution >= 0.6 is 0 Å². The van der Waals surface area contributed by atoms with E-state index in [1.165, 1.54) is 23.0 Å². The van der Waals surface area contributed by atoms with Crippen molar-refractivity contribution >= 4 is 22.8 Å². The van der Waals surface area contributed by atoms with Gasteiger partial charge in [-0.1, -0.05) is 12.1 Å². The van der Waals surface area contributed by atoms with Gasteiger partial charge in [-0.25, -0.2) is 14.6 Å². The number of benzene rings is 2. The lowest BCUT2D eigenvalue weighted by atomic mass is 10.1. The van der Waals surface area contributed by atoms with Crippen LogP contribution < -0.4 is 21.8 Å². The molecule has 2 amide bonds. The van der Waals surface area contributed by atoms with Crippen LogP contribution in [0.1, 0.15) is 23.6 Å². The Morgan fingerprint density at radius 2 is 1.82 bits per heavy atom. The summed E-state index contributed by atoms with van der Waals surface area (Å²) < 4.78 is 44.0. The molecule has 2 heterocycles. The zero-order valence-electron chi connectivity index (χ0n) is 21.2. The van der Waals surface area contributed by atoms with E-state index in [9.17, 15) is 32.7 Å². The van der Waals surface area contributed by atoms with Gasteiger partial charge in [0.15, 0.2) is 0 Å². The molecule has 14 heteroatoms. The van der Waals surface area contributed by atoms with E-state index in [0.29, 0.717) is 17.9 Å². The van der Waals surface area contributed by atoms with Gasteiger partial charge in [-0.2, -0.15) is 13.2 Å². The molecule has 0 aliphatic heterocycles. The second kappa shape index (κ2) is 12.2. The van der Waals surface area contributed by atoms with Crippen LogP contribution in [0, 0.1) is 0 Å². The molecule has 2 aromatic heterocycles. The Bertz CT molecular complexity index is 1610. The number of nitrogens with zero attached hydrogens (tertiary/aromatic N) is 2. The molecule has 2 aromatic carbocycles. The van der Waals surface area contributed by atoms with Crippen molar-refractivity contribution in [1.82, 2.24) is 19.4 Å². The van der Waals surface area contributed by atoms with Gasteiger partial charge in [0, 0.05) is 31.2 Å². The molecule has 0 aliphatic carbocycles. The normalized spacial score (nSPS) is 11.6. The number of hydrogen-bond donors (Lipinski definition) is 4. The minimum atomic E-state index is -4.79.